The SMILES string of the molecule is CCCCCCN(C(=O)Cn1c(C(=O)NC2CCCCC2)cc2sccc21)c1cccc(C)c1. The van der Waals surface area contributed by atoms with Crippen molar-refractivity contribution in [2.24, 2.45) is 0 Å². The molecule has 1 aliphatic rings. The smallest absolute Gasteiger partial charge is 0.268 e. The Bertz CT molecular complexity index is 1110. The molecule has 0 aliphatic heterocycles. The summed E-state index contributed by atoms with van der Waals surface area (Å²) in [4.78, 5) is 28.9. The summed E-state index contributed by atoms with van der Waals surface area (Å²) in [6.45, 7) is 5.11. The van der Waals surface area contributed by atoms with Crippen molar-refractivity contribution in [3.63, 3.8) is 0 Å². The lowest BCUT2D eigenvalue weighted by Crippen LogP contribution is -2.39. The van der Waals surface area contributed by atoms with Gasteiger partial charge in [-0.15, -0.1) is 11.3 Å². The zero-order chi connectivity index (χ0) is 23.9. The van der Waals surface area contributed by atoms with Crippen molar-refractivity contribution in [2.75, 3.05) is 11.4 Å². The number of benzene rings is 1. The van der Waals surface area contributed by atoms with Gasteiger partial charge in [-0.2, -0.15) is 0 Å². The molecule has 1 aromatic carbocycles. The predicted molar refractivity (Wildman–Crippen MR) is 142 cm³/mol. The second kappa shape index (κ2) is 11.7. The monoisotopic (exact) mass is 479 g/mol. The fourth-order valence-corrected chi connectivity index (χ4v) is 5.77. The van der Waals surface area contributed by atoms with Crippen LogP contribution in [0.4, 0.5) is 5.69 Å². The standard InChI is InChI=1S/C28H37N3O2S/c1-3-4-5-9-16-30(23-14-10-11-21(2)18-23)27(32)20-31-24-15-17-34-26(24)19-25(31)28(33)29-22-12-7-6-8-13-22/h10-11,14-15,17-19,22H,3-9,12-13,16,20H2,1-2H3,(H,29,33). The molecule has 1 N–H and O–H groups in total. The summed E-state index contributed by atoms with van der Waals surface area (Å²) in [7, 11) is 0. The van der Waals surface area contributed by atoms with Crippen LogP contribution in [0.25, 0.3) is 10.2 Å². The minimum atomic E-state index is -0.0619. The van der Waals surface area contributed by atoms with E-state index in [1.807, 2.05) is 39.1 Å². The molecule has 0 saturated heterocycles. The highest BCUT2D eigenvalue weighted by Gasteiger charge is 2.24. The highest BCUT2D eigenvalue weighted by molar-refractivity contribution is 7.17. The molecule has 34 heavy (non-hydrogen) atoms. The number of carbonyl (C=O) groups excluding carboxylic acids is 2. The number of nitrogens with zero attached hydrogens (tertiary/aromatic N) is 2. The van der Waals surface area contributed by atoms with Crippen LogP contribution in [0.2, 0.25) is 0 Å². The van der Waals surface area contributed by atoms with Crippen molar-refractivity contribution in [1.29, 1.82) is 0 Å². The third-order valence-electron chi connectivity index (χ3n) is 6.84. The van der Waals surface area contributed by atoms with E-state index in [2.05, 4.69) is 31.3 Å². The van der Waals surface area contributed by atoms with E-state index >= 15 is 0 Å². The van der Waals surface area contributed by atoms with Gasteiger partial charge in [0.1, 0.15) is 12.2 Å². The molecule has 2 aromatic heterocycles. The quantitative estimate of drug-likeness (QED) is 0.330. The highest BCUT2D eigenvalue weighted by Crippen LogP contribution is 2.27. The molecule has 5 nitrogen and oxygen atoms in total. The number of unbranched alkanes of at least 4 members (excludes halogenated alkanes) is 3. The van der Waals surface area contributed by atoms with Gasteiger partial charge in [0.15, 0.2) is 0 Å². The number of hydrogen-bond acceptors (Lipinski definition) is 3. The van der Waals surface area contributed by atoms with E-state index in [0.717, 1.165) is 53.6 Å². The van der Waals surface area contributed by atoms with E-state index in [0.29, 0.717) is 12.2 Å². The zero-order valence-electron chi connectivity index (χ0n) is 20.5. The molecule has 0 radical (unpaired) electrons. The summed E-state index contributed by atoms with van der Waals surface area (Å²) in [5.74, 6) is -0.0364. The van der Waals surface area contributed by atoms with Crippen LogP contribution in [-0.4, -0.2) is 29.0 Å². The molecule has 0 spiro atoms. The van der Waals surface area contributed by atoms with Crippen LogP contribution in [-0.2, 0) is 11.3 Å². The molecule has 6 heteroatoms. The Morgan fingerprint density at radius 1 is 1.09 bits per heavy atom. The summed E-state index contributed by atoms with van der Waals surface area (Å²) < 4.78 is 2.97. The number of anilines is 1. The number of fused-ring (bicyclic) bond motifs is 1. The topological polar surface area (TPSA) is 54.3 Å². The number of carbonyl (C=O) groups is 2. The van der Waals surface area contributed by atoms with Gasteiger partial charge in [-0.3, -0.25) is 9.59 Å². The Balaban J connectivity index is 1.57. The van der Waals surface area contributed by atoms with E-state index in [4.69, 9.17) is 0 Å². The number of hydrogen-bond donors (Lipinski definition) is 1. The van der Waals surface area contributed by atoms with Crippen LogP contribution in [0.15, 0.2) is 41.8 Å². The average Bonchev–Trinajstić information content (AvgIpc) is 3.42. The summed E-state index contributed by atoms with van der Waals surface area (Å²) in [5, 5.41) is 5.26. The largest absolute Gasteiger partial charge is 0.348 e. The minimum Gasteiger partial charge on any atom is -0.348 e. The zero-order valence-corrected chi connectivity index (χ0v) is 21.3. The summed E-state index contributed by atoms with van der Waals surface area (Å²) in [6.07, 6.45) is 10.1. The van der Waals surface area contributed by atoms with Crippen LogP contribution < -0.4 is 10.2 Å². The number of amides is 2. The molecule has 3 aromatic rings. The molecule has 1 aliphatic carbocycles. The Kier molecular flexibility index (Phi) is 8.44. The number of nitrogens with one attached hydrogen (secondary N) is 1. The highest BCUT2D eigenvalue weighted by atomic mass is 32.1. The van der Waals surface area contributed by atoms with Crippen LogP contribution in [0.3, 0.4) is 0 Å². The van der Waals surface area contributed by atoms with Gasteiger partial charge in [0.05, 0.1) is 10.2 Å². The number of rotatable bonds is 10. The fourth-order valence-electron chi connectivity index (χ4n) is 4.95. The molecule has 0 unspecified atom stereocenters. The average molecular weight is 480 g/mol. The summed E-state index contributed by atoms with van der Waals surface area (Å²) in [6, 6.07) is 12.3. The first-order chi connectivity index (χ1) is 16.6. The first kappa shape index (κ1) is 24.5. The van der Waals surface area contributed by atoms with Gasteiger partial charge >= 0.3 is 0 Å². The van der Waals surface area contributed by atoms with Crippen molar-refractivity contribution in [1.82, 2.24) is 9.88 Å². The Hall–Kier alpha value is -2.60. The number of thiophene rings is 1. The molecular formula is C28H37N3O2S. The van der Waals surface area contributed by atoms with Crippen molar-refractivity contribution >= 4 is 39.1 Å². The molecule has 2 amide bonds. The molecule has 0 atom stereocenters. The Morgan fingerprint density at radius 2 is 1.91 bits per heavy atom. The van der Waals surface area contributed by atoms with Crippen LogP contribution >= 0.6 is 11.3 Å². The van der Waals surface area contributed by atoms with E-state index in [-0.39, 0.29) is 24.4 Å². The minimum absolute atomic E-state index is 0.0255. The first-order valence-corrected chi connectivity index (χ1v) is 13.7. The van der Waals surface area contributed by atoms with Gasteiger partial charge in [0.2, 0.25) is 5.91 Å². The third-order valence-corrected chi connectivity index (χ3v) is 7.69. The third kappa shape index (κ3) is 5.90. The van der Waals surface area contributed by atoms with Gasteiger partial charge in [-0.05, 0) is 61.4 Å². The van der Waals surface area contributed by atoms with Crippen LogP contribution in [0.5, 0.6) is 0 Å². The maximum atomic E-state index is 13.7. The second-order valence-corrected chi connectivity index (χ2v) is 10.5. The van der Waals surface area contributed by atoms with Crippen LogP contribution in [0.1, 0.15) is 80.8 Å². The summed E-state index contributed by atoms with van der Waals surface area (Å²) >= 11 is 1.61. The Labute approximate surface area is 207 Å². The van der Waals surface area contributed by atoms with E-state index in [1.54, 1.807) is 11.3 Å². The van der Waals surface area contributed by atoms with Gasteiger partial charge in [0, 0.05) is 18.3 Å². The molecule has 182 valence electrons. The van der Waals surface area contributed by atoms with E-state index < -0.39 is 0 Å². The second-order valence-electron chi connectivity index (χ2n) is 9.54. The van der Waals surface area contributed by atoms with E-state index in [1.165, 1.54) is 25.7 Å². The normalized spacial score (nSPS) is 14.4. The molecule has 2 heterocycles. The van der Waals surface area contributed by atoms with Crippen molar-refractivity contribution in [3.05, 3.63) is 53.0 Å². The van der Waals surface area contributed by atoms with Gasteiger partial charge < -0.3 is 14.8 Å². The van der Waals surface area contributed by atoms with Gasteiger partial charge in [-0.1, -0.05) is 57.6 Å². The van der Waals surface area contributed by atoms with Crippen molar-refractivity contribution in [2.45, 2.75) is 84.2 Å². The predicted octanol–water partition coefficient (Wildman–Crippen LogP) is 6.69. The van der Waals surface area contributed by atoms with Crippen LogP contribution in [0, 0.1) is 6.92 Å². The molecular weight excluding hydrogens is 442 g/mol. The first-order valence-electron chi connectivity index (χ1n) is 12.8. The summed E-state index contributed by atoms with van der Waals surface area (Å²) in [5.41, 5.74) is 3.62. The Morgan fingerprint density at radius 3 is 2.68 bits per heavy atom. The molecule has 4 rings (SSSR count). The molecule has 1 saturated carbocycles. The maximum absolute atomic E-state index is 13.7. The van der Waals surface area contributed by atoms with Gasteiger partial charge in [0.25, 0.3) is 5.91 Å². The lowest BCUT2D eigenvalue weighted by molar-refractivity contribution is -0.119. The lowest BCUT2D eigenvalue weighted by Gasteiger charge is -2.25. The van der Waals surface area contributed by atoms with Crippen molar-refractivity contribution in [3.8, 4) is 0 Å². The van der Waals surface area contributed by atoms with Crippen molar-refractivity contribution < 1.29 is 9.59 Å². The number of aryl methyl sites for hydroxylation is 1. The maximum Gasteiger partial charge on any atom is 0.268 e. The lowest BCUT2D eigenvalue weighted by atomic mass is 9.95. The van der Waals surface area contributed by atoms with Gasteiger partial charge in [-0.25, -0.2) is 0 Å². The number of aromatic nitrogens is 1. The molecule has 0 bridgehead atoms. The fraction of sp³-hybridized carbons (Fsp3) is 0.500. The van der Waals surface area contributed by atoms with E-state index in [9.17, 15) is 9.59 Å². The molecule has 1 fully saturated rings.